The molecule has 2 heterocycles. The molecule has 7 heteroatoms. The molecule has 1 aromatic heterocycles. The quantitative estimate of drug-likeness (QED) is 0.855. The number of benzene rings is 1. The number of hydrogen-bond donors (Lipinski definition) is 1. The third-order valence-electron chi connectivity index (χ3n) is 4.35. The monoisotopic (exact) mass is 358 g/mol. The zero-order chi connectivity index (χ0) is 17.8. The second kappa shape index (κ2) is 7.76. The molecule has 1 aliphatic rings. The Hall–Kier alpha value is -2.25. The molecule has 6 nitrogen and oxygen atoms in total. The number of aromatic nitrogens is 1. The van der Waals surface area contributed by atoms with Crippen LogP contribution in [0.25, 0.3) is 0 Å². The Labute approximate surface area is 151 Å². The first-order valence-corrected chi connectivity index (χ1v) is 9.35. The van der Waals surface area contributed by atoms with Crippen molar-refractivity contribution in [1.29, 1.82) is 0 Å². The van der Waals surface area contributed by atoms with Crippen molar-refractivity contribution in [2.24, 2.45) is 5.73 Å². The predicted octanol–water partition coefficient (Wildman–Crippen LogP) is 1.91. The van der Waals surface area contributed by atoms with Gasteiger partial charge in [0.25, 0.3) is 5.91 Å². The molecule has 1 aromatic carbocycles. The van der Waals surface area contributed by atoms with Crippen LogP contribution >= 0.6 is 11.3 Å². The molecular formula is C18H22N4O2S. The van der Waals surface area contributed by atoms with Crippen molar-refractivity contribution in [3.05, 3.63) is 46.4 Å². The summed E-state index contributed by atoms with van der Waals surface area (Å²) in [6, 6.07) is 9.14. The average molecular weight is 358 g/mol. The van der Waals surface area contributed by atoms with Gasteiger partial charge in [0.15, 0.2) is 0 Å². The summed E-state index contributed by atoms with van der Waals surface area (Å²) >= 11 is 1.44. The molecule has 0 saturated carbocycles. The zero-order valence-electron chi connectivity index (χ0n) is 14.2. The lowest BCUT2D eigenvalue weighted by Gasteiger charge is -2.26. The summed E-state index contributed by atoms with van der Waals surface area (Å²) < 4.78 is 0. The molecule has 2 aromatic rings. The first-order chi connectivity index (χ1) is 12.2. The highest BCUT2D eigenvalue weighted by Crippen LogP contribution is 2.25. The molecule has 0 radical (unpaired) electrons. The fourth-order valence-corrected chi connectivity index (χ4v) is 3.91. The van der Waals surface area contributed by atoms with Crippen LogP contribution in [-0.2, 0) is 11.2 Å². The highest BCUT2D eigenvalue weighted by atomic mass is 32.1. The van der Waals surface area contributed by atoms with Gasteiger partial charge in [-0.15, -0.1) is 11.3 Å². The molecule has 25 heavy (non-hydrogen) atoms. The number of nitrogens with zero attached hydrogens (tertiary/aromatic N) is 3. The molecule has 0 bridgehead atoms. The van der Waals surface area contributed by atoms with Crippen molar-refractivity contribution in [2.45, 2.75) is 25.8 Å². The van der Waals surface area contributed by atoms with Crippen LogP contribution in [0.15, 0.2) is 35.7 Å². The van der Waals surface area contributed by atoms with E-state index < -0.39 is 6.04 Å². The number of thiazole rings is 1. The number of nitrogens with two attached hydrogens (primary N) is 1. The van der Waals surface area contributed by atoms with Crippen molar-refractivity contribution >= 4 is 28.8 Å². The van der Waals surface area contributed by atoms with Gasteiger partial charge in [0, 0.05) is 30.6 Å². The second-order valence-electron chi connectivity index (χ2n) is 5.89. The summed E-state index contributed by atoms with van der Waals surface area (Å²) in [6.07, 6.45) is 1.29. The Morgan fingerprint density at radius 2 is 2.16 bits per heavy atom. The number of carbonyl (C=O) groups excluding carboxylic acids is 2. The maximum Gasteiger partial charge on any atom is 0.274 e. The molecular weight excluding hydrogens is 336 g/mol. The number of amides is 2. The van der Waals surface area contributed by atoms with Crippen LogP contribution in [0.5, 0.6) is 0 Å². The fraction of sp³-hybridized carbons (Fsp3) is 0.389. The topological polar surface area (TPSA) is 79.5 Å². The second-order valence-corrected chi connectivity index (χ2v) is 6.83. The van der Waals surface area contributed by atoms with Gasteiger partial charge in [-0.3, -0.25) is 9.59 Å². The van der Waals surface area contributed by atoms with E-state index in [0.29, 0.717) is 38.2 Å². The predicted molar refractivity (Wildman–Crippen MR) is 98.8 cm³/mol. The van der Waals surface area contributed by atoms with E-state index in [1.165, 1.54) is 11.3 Å². The molecule has 1 saturated heterocycles. The van der Waals surface area contributed by atoms with E-state index in [1.54, 1.807) is 15.2 Å². The highest BCUT2D eigenvalue weighted by Gasteiger charge is 2.38. The van der Waals surface area contributed by atoms with Crippen LogP contribution in [0.4, 0.5) is 5.69 Å². The minimum Gasteiger partial charge on any atom is -0.330 e. The molecule has 1 unspecified atom stereocenters. The number of carbonyl (C=O) groups is 2. The van der Waals surface area contributed by atoms with Crippen LogP contribution in [0.3, 0.4) is 0 Å². The summed E-state index contributed by atoms with van der Waals surface area (Å²) in [5.41, 5.74) is 6.82. The van der Waals surface area contributed by atoms with Crippen molar-refractivity contribution < 1.29 is 9.59 Å². The molecule has 0 aliphatic carbocycles. The summed E-state index contributed by atoms with van der Waals surface area (Å²) in [5.74, 6) is -0.214. The SMILES string of the molecule is CCN(C(=O)c1csc(CCN)n1)C1CCN(c2ccccc2)C1=O. The Kier molecular flexibility index (Phi) is 5.45. The van der Waals surface area contributed by atoms with Crippen molar-refractivity contribution in [3.8, 4) is 0 Å². The van der Waals surface area contributed by atoms with E-state index in [1.807, 2.05) is 37.3 Å². The van der Waals surface area contributed by atoms with Crippen LogP contribution in [0, 0.1) is 0 Å². The smallest absolute Gasteiger partial charge is 0.274 e. The fourth-order valence-electron chi connectivity index (χ4n) is 3.12. The molecule has 0 spiro atoms. The maximum absolute atomic E-state index is 12.8. The van der Waals surface area contributed by atoms with E-state index in [-0.39, 0.29) is 11.8 Å². The van der Waals surface area contributed by atoms with E-state index in [0.717, 1.165) is 10.7 Å². The van der Waals surface area contributed by atoms with Gasteiger partial charge >= 0.3 is 0 Å². The normalized spacial score (nSPS) is 17.1. The van der Waals surface area contributed by atoms with Crippen molar-refractivity contribution in [2.75, 3.05) is 24.5 Å². The summed E-state index contributed by atoms with van der Waals surface area (Å²) in [6.45, 7) is 3.49. The number of rotatable bonds is 6. The molecule has 3 rings (SSSR count). The van der Waals surface area contributed by atoms with Crippen LogP contribution in [0.2, 0.25) is 0 Å². The van der Waals surface area contributed by atoms with Gasteiger partial charge in [-0.25, -0.2) is 4.98 Å². The van der Waals surface area contributed by atoms with Gasteiger partial charge in [-0.2, -0.15) is 0 Å². The van der Waals surface area contributed by atoms with Gasteiger partial charge in [0.1, 0.15) is 11.7 Å². The van der Waals surface area contributed by atoms with Crippen LogP contribution in [-0.4, -0.2) is 47.4 Å². The average Bonchev–Trinajstić information content (AvgIpc) is 3.24. The lowest BCUT2D eigenvalue weighted by Crippen LogP contribution is -2.45. The summed E-state index contributed by atoms with van der Waals surface area (Å²) in [4.78, 5) is 33.4. The zero-order valence-corrected chi connectivity index (χ0v) is 15.0. The van der Waals surface area contributed by atoms with Gasteiger partial charge in [-0.05, 0) is 32.0 Å². The molecule has 2 amide bonds. The number of para-hydroxylation sites is 1. The first-order valence-electron chi connectivity index (χ1n) is 8.47. The van der Waals surface area contributed by atoms with E-state index in [2.05, 4.69) is 4.98 Å². The van der Waals surface area contributed by atoms with Gasteiger partial charge < -0.3 is 15.5 Å². The Morgan fingerprint density at radius 3 is 2.84 bits per heavy atom. The summed E-state index contributed by atoms with van der Waals surface area (Å²) in [7, 11) is 0. The largest absolute Gasteiger partial charge is 0.330 e. The van der Waals surface area contributed by atoms with E-state index in [4.69, 9.17) is 5.73 Å². The van der Waals surface area contributed by atoms with E-state index >= 15 is 0 Å². The van der Waals surface area contributed by atoms with Gasteiger partial charge in [-0.1, -0.05) is 18.2 Å². The molecule has 1 fully saturated rings. The lowest BCUT2D eigenvalue weighted by atomic mass is 10.2. The van der Waals surface area contributed by atoms with Gasteiger partial charge in [0.2, 0.25) is 5.91 Å². The maximum atomic E-state index is 12.8. The van der Waals surface area contributed by atoms with Crippen LogP contribution in [0.1, 0.15) is 28.8 Å². The van der Waals surface area contributed by atoms with Crippen molar-refractivity contribution in [1.82, 2.24) is 9.88 Å². The molecule has 2 N–H and O–H groups in total. The van der Waals surface area contributed by atoms with Crippen molar-refractivity contribution in [3.63, 3.8) is 0 Å². The number of anilines is 1. The highest BCUT2D eigenvalue weighted by molar-refractivity contribution is 7.09. The third-order valence-corrected chi connectivity index (χ3v) is 5.26. The minimum atomic E-state index is -0.433. The summed E-state index contributed by atoms with van der Waals surface area (Å²) in [5, 5.41) is 2.61. The molecule has 132 valence electrons. The lowest BCUT2D eigenvalue weighted by molar-refractivity contribution is -0.120. The number of likely N-dealkylation sites (N-methyl/N-ethyl adjacent to an activating group) is 1. The Bertz CT molecular complexity index is 747. The minimum absolute atomic E-state index is 0.0289. The number of hydrogen-bond acceptors (Lipinski definition) is 5. The Balaban J connectivity index is 1.76. The standard InChI is InChI=1S/C18H22N4O2S/c1-2-21(17(23)14-12-25-16(20-14)8-10-19)15-9-11-22(18(15)24)13-6-4-3-5-7-13/h3-7,12,15H,2,8-11,19H2,1H3. The molecule has 1 aliphatic heterocycles. The van der Waals surface area contributed by atoms with Gasteiger partial charge in [0.05, 0.1) is 5.01 Å². The Morgan fingerprint density at radius 1 is 1.40 bits per heavy atom. The third kappa shape index (κ3) is 3.57. The molecule has 1 atom stereocenters. The van der Waals surface area contributed by atoms with E-state index in [9.17, 15) is 9.59 Å². The first kappa shape index (κ1) is 17.6. The van der Waals surface area contributed by atoms with Crippen LogP contribution < -0.4 is 10.6 Å².